The second-order valence-electron chi connectivity index (χ2n) is 4.91. The second-order valence-corrected chi connectivity index (χ2v) is 4.91. The van der Waals surface area contributed by atoms with Crippen LogP contribution in [0.4, 0.5) is 5.69 Å². The van der Waals surface area contributed by atoms with Crippen molar-refractivity contribution in [2.24, 2.45) is 0 Å². The highest BCUT2D eigenvalue weighted by molar-refractivity contribution is 6.08. The van der Waals surface area contributed by atoms with Gasteiger partial charge in [-0.2, -0.15) is 0 Å². The van der Waals surface area contributed by atoms with Gasteiger partial charge in [0.15, 0.2) is 5.60 Å². The van der Waals surface area contributed by atoms with Crippen molar-refractivity contribution in [2.45, 2.75) is 40.2 Å². The number of nitrogens with zero attached hydrogens (tertiary/aromatic N) is 1. The molecule has 0 aromatic heterocycles. The van der Waals surface area contributed by atoms with Crippen molar-refractivity contribution in [3.8, 4) is 0 Å². The molecule has 0 bridgehead atoms. The predicted molar refractivity (Wildman–Crippen MR) is 96.7 cm³/mol. The molecule has 0 saturated carbocycles. The molecular weight excluding hydrogens is 286 g/mol. The number of para-hydroxylation sites is 1. The fourth-order valence-electron chi connectivity index (χ4n) is 2.78. The van der Waals surface area contributed by atoms with E-state index in [9.17, 15) is 9.90 Å². The first-order chi connectivity index (χ1) is 11.1. The summed E-state index contributed by atoms with van der Waals surface area (Å²) in [6, 6.07) is 14.8. The second kappa shape index (κ2) is 7.93. The Labute approximate surface area is 139 Å². The number of amides is 1. The minimum absolute atomic E-state index is 0.303. The van der Waals surface area contributed by atoms with Gasteiger partial charge in [0, 0.05) is 18.2 Å². The van der Waals surface area contributed by atoms with Crippen LogP contribution in [-0.2, 0) is 10.4 Å². The van der Waals surface area contributed by atoms with Crippen LogP contribution in [0.2, 0.25) is 0 Å². The van der Waals surface area contributed by atoms with E-state index >= 15 is 0 Å². The van der Waals surface area contributed by atoms with Gasteiger partial charge in [0.05, 0.1) is 5.69 Å². The number of anilines is 1. The molecule has 3 heteroatoms. The molecule has 23 heavy (non-hydrogen) atoms. The summed E-state index contributed by atoms with van der Waals surface area (Å²) in [6.07, 6.45) is 0. The third kappa shape index (κ3) is 3.02. The number of carbonyl (C=O) groups excluding carboxylic acids is 1. The van der Waals surface area contributed by atoms with Crippen molar-refractivity contribution >= 4 is 11.6 Å². The van der Waals surface area contributed by atoms with E-state index in [1.54, 1.807) is 7.05 Å². The minimum Gasteiger partial charge on any atom is -0.372 e. The van der Waals surface area contributed by atoms with Crippen LogP contribution in [0.15, 0.2) is 48.5 Å². The highest BCUT2D eigenvalue weighted by atomic mass is 16.3. The Morgan fingerprint density at radius 2 is 1.35 bits per heavy atom. The van der Waals surface area contributed by atoms with E-state index in [-0.39, 0.29) is 5.91 Å². The first-order valence-corrected chi connectivity index (χ1v) is 8.23. The van der Waals surface area contributed by atoms with Crippen molar-refractivity contribution < 1.29 is 9.90 Å². The number of hydrogen-bond donors (Lipinski definition) is 1. The Bertz CT molecular complexity index is 666. The highest BCUT2D eigenvalue weighted by Crippen LogP contribution is 2.44. The lowest BCUT2D eigenvalue weighted by molar-refractivity contribution is -0.131. The van der Waals surface area contributed by atoms with Crippen molar-refractivity contribution in [1.29, 1.82) is 0 Å². The summed E-state index contributed by atoms with van der Waals surface area (Å²) in [7, 11) is 1.69. The molecule has 0 fully saturated rings. The van der Waals surface area contributed by atoms with E-state index in [0.29, 0.717) is 11.1 Å². The van der Waals surface area contributed by atoms with Crippen molar-refractivity contribution in [2.75, 3.05) is 11.9 Å². The molecule has 0 aliphatic carbocycles. The molecule has 2 aromatic carbocycles. The quantitative estimate of drug-likeness (QED) is 0.854. The molecule has 0 radical (unpaired) electrons. The normalized spacial score (nSPS) is 18.4. The molecule has 0 spiro atoms. The van der Waals surface area contributed by atoms with Gasteiger partial charge in [-0.15, -0.1) is 0 Å². The standard InChI is InChI=1S/C16H15NO2.2C2H6/c1-11-7-3-4-8-12(11)16(19)13-9-5-6-10-14(13)17(2)15(16)18;2*1-2/h3-10,19H,1-2H3;2*1-2H3. The van der Waals surface area contributed by atoms with Crippen LogP contribution in [-0.4, -0.2) is 18.1 Å². The zero-order valence-corrected chi connectivity index (χ0v) is 14.9. The SMILES string of the molecule is CC.CC.Cc1ccccc1C1(O)C(=O)N(C)c2ccccc21. The van der Waals surface area contributed by atoms with Crippen LogP contribution >= 0.6 is 0 Å². The molecule has 0 saturated heterocycles. The molecule has 3 rings (SSSR count). The summed E-state index contributed by atoms with van der Waals surface area (Å²) < 4.78 is 0. The van der Waals surface area contributed by atoms with Gasteiger partial charge in [0.2, 0.25) is 0 Å². The molecule has 2 aromatic rings. The molecule has 1 aliphatic heterocycles. The maximum atomic E-state index is 12.5. The molecule has 1 aliphatic rings. The van der Waals surface area contributed by atoms with Gasteiger partial charge in [0.1, 0.15) is 0 Å². The largest absolute Gasteiger partial charge is 0.372 e. The van der Waals surface area contributed by atoms with E-state index in [2.05, 4.69) is 0 Å². The van der Waals surface area contributed by atoms with Crippen molar-refractivity contribution in [3.63, 3.8) is 0 Å². The van der Waals surface area contributed by atoms with Gasteiger partial charge in [-0.25, -0.2) is 0 Å². The van der Waals surface area contributed by atoms with Crippen molar-refractivity contribution in [1.82, 2.24) is 0 Å². The summed E-state index contributed by atoms with van der Waals surface area (Å²) in [6.45, 7) is 9.90. The summed E-state index contributed by atoms with van der Waals surface area (Å²) in [4.78, 5) is 14.0. The van der Waals surface area contributed by atoms with Gasteiger partial charge in [-0.1, -0.05) is 70.2 Å². The van der Waals surface area contributed by atoms with Crippen LogP contribution in [0.3, 0.4) is 0 Å². The maximum Gasteiger partial charge on any atom is 0.268 e. The summed E-state index contributed by atoms with van der Waals surface area (Å²) in [5, 5.41) is 11.0. The van der Waals surface area contributed by atoms with Gasteiger partial charge in [0.25, 0.3) is 5.91 Å². The third-order valence-corrected chi connectivity index (χ3v) is 3.80. The molecule has 3 nitrogen and oxygen atoms in total. The fourth-order valence-corrected chi connectivity index (χ4v) is 2.78. The predicted octanol–water partition coefficient (Wildman–Crippen LogP) is 4.26. The van der Waals surface area contributed by atoms with Crippen LogP contribution < -0.4 is 4.90 Å². The van der Waals surface area contributed by atoms with Gasteiger partial charge in [-0.3, -0.25) is 4.79 Å². The average molecular weight is 313 g/mol. The Morgan fingerprint density at radius 1 is 0.870 bits per heavy atom. The number of aryl methyl sites for hydroxylation is 1. The summed E-state index contributed by atoms with van der Waals surface area (Å²) in [5.74, 6) is -0.303. The molecular formula is C20H27NO2. The summed E-state index contributed by atoms with van der Waals surface area (Å²) >= 11 is 0. The lowest BCUT2D eigenvalue weighted by Crippen LogP contribution is -2.39. The third-order valence-electron chi connectivity index (χ3n) is 3.80. The summed E-state index contributed by atoms with van der Waals surface area (Å²) in [5.41, 5.74) is 1.40. The Hall–Kier alpha value is -2.13. The van der Waals surface area contributed by atoms with E-state index < -0.39 is 5.60 Å². The van der Waals surface area contributed by atoms with Gasteiger partial charge >= 0.3 is 0 Å². The number of hydrogen-bond acceptors (Lipinski definition) is 2. The molecule has 1 atom stereocenters. The lowest BCUT2D eigenvalue weighted by Gasteiger charge is -2.24. The monoisotopic (exact) mass is 313 g/mol. The van der Waals surface area contributed by atoms with Crippen LogP contribution in [0, 0.1) is 6.92 Å². The first-order valence-electron chi connectivity index (χ1n) is 8.23. The number of fused-ring (bicyclic) bond motifs is 1. The van der Waals surface area contributed by atoms with Crippen LogP contribution in [0.5, 0.6) is 0 Å². The smallest absolute Gasteiger partial charge is 0.268 e. The van der Waals surface area contributed by atoms with E-state index in [1.165, 1.54) is 4.90 Å². The number of carbonyl (C=O) groups is 1. The molecule has 124 valence electrons. The van der Waals surface area contributed by atoms with Crippen LogP contribution in [0.25, 0.3) is 0 Å². The number of rotatable bonds is 1. The Balaban J connectivity index is 0.000000615. The van der Waals surface area contributed by atoms with Gasteiger partial charge < -0.3 is 10.0 Å². The number of aliphatic hydroxyl groups is 1. The molecule has 1 N–H and O–H groups in total. The lowest BCUT2D eigenvalue weighted by atomic mass is 9.85. The van der Waals surface area contributed by atoms with E-state index in [4.69, 9.17) is 0 Å². The molecule has 1 amide bonds. The van der Waals surface area contributed by atoms with E-state index in [0.717, 1.165) is 11.3 Å². The maximum absolute atomic E-state index is 12.5. The number of likely N-dealkylation sites (N-methyl/N-ethyl adjacent to an activating group) is 1. The first kappa shape index (κ1) is 18.9. The minimum atomic E-state index is -1.57. The van der Waals surface area contributed by atoms with Crippen molar-refractivity contribution in [3.05, 3.63) is 65.2 Å². The Morgan fingerprint density at radius 3 is 1.91 bits per heavy atom. The number of benzene rings is 2. The van der Waals surface area contributed by atoms with Crippen LogP contribution in [0.1, 0.15) is 44.4 Å². The zero-order valence-electron chi connectivity index (χ0n) is 14.9. The average Bonchev–Trinajstić information content (AvgIpc) is 2.82. The topological polar surface area (TPSA) is 40.5 Å². The van der Waals surface area contributed by atoms with Gasteiger partial charge in [-0.05, 0) is 18.6 Å². The highest BCUT2D eigenvalue weighted by Gasteiger charge is 2.50. The fraction of sp³-hybridized carbons (Fsp3) is 0.350. The molecule has 1 heterocycles. The molecule has 1 unspecified atom stereocenters. The Kier molecular flexibility index (Phi) is 6.52. The van der Waals surface area contributed by atoms with E-state index in [1.807, 2.05) is 83.1 Å². The zero-order chi connectivity index (χ0) is 17.6.